The molecule has 0 aliphatic carbocycles. The van der Waals surface area contributed by atoms with Gasteiger partial charge in [0, 0.05) is 0 Å². The number of nitrogens with zero attached hydrogens (tertiary/aromatic N) is 3. The van der Waals surface area contributed by atoms with Gasteiger partial charge in [-0.05, 0) is 45.9 Å². The third-order valence-corrected chi connectivity index (χ3v) is 14.3. The summed E-state index contributed by atoms with van der Waals surface area (Å²) in [5.41, 5.74) is 0.273. The smallest absolute Gasteiger partial charge is 0.400 e. The fourth-order valence-electron chi connectivity index (χ4n) is 2.39. The lowest BCUT2D eigenvalue weighted by atomic mass is 10.2. The normalized spacial score (nSPS) is 30.2. The van der Waals surface area contributed by atoms with Crippen molar-refractivity contribution in [2.24, 2.45) is 13.5 Å². The van der Waals surface area contributed by atoms with Gasteiger partial charge in [-0.2, -0.15) is 9.03 Å². The van der Waals surface area contributed by atoms with Crippen LogP contribution in [0.4, 0.5) is 0 Å². The summed E-state index contributed by atoms with van der Waals surface area (Å²) in [7, 11) is -3.56. The van der Waals surface area contributed by atoms with Gasteiger partial charge >= 0.3 is 14.4 Å². The lowest BCUT2D eigenvalue weighted by Crippen LogP contribution is -2.13. The molecule has 2 aliphatic rings. The molecule has 10 nitrogen and oxygen atoms in total. The van der Waals surface area contributed by atoms with Gasteiger partial charge in [0.15, 0.2) is 6.29 Å². The number of hydrogen-bond donors (Lipinski definition) is 0. The predicted octanol–water partition coefficient (Wildman–Crippen LogP) is 6.54. The second-order valence-corrected chi connectivity index (χ2v) is 16.3. The number of fused-ring (bicyclic) bond motifs is 1. The molecule has 0 N–H and O–H groups in total. The van der Waals surface area contributed by atoms with E-state index in [1.807, 2.05) is 0 Å². The molecule has 2 atom stereocenters. The van der Waals surface area contributed by atoms with Crippen LogP contribution in [0, 0.1) is 0 Å². The van der Waals surface area contributed by atoms with Crippen LogP contribution in [0.5, 0.6) is 5.75 Å². The summed E-state index contributed by atoms with van der Waals surface area (Å²) in [6, 6.07) is 6.54. The van der Waals surface area contributed by atoms with E-state index in [1.165, 1.54) is 0 Å². The molecule has 3 rings (SSSR count). The van der Waals surface area contributed by atoms with Gasteiger partial charge < -0.3 is 23.3 Å². The number of halogens is 3. The highest BCUT2D eigenvalue weighted by Crippen LogP contribution is 2.84. The predicted molar refractivity (Wildman–Crippen MR) is 122 cm³/mol. The second kappa shape index (κ2) is 12.0. The van der Waals surface area contributed by atoms with Crippen molar-refractivity contribution in [3.05, 3.63) is 29.8 Å². The zero-order valence-electron chi connectivity index (χ0n) is 16.2. The van der Waals surface area contributed by atoms with E-state index in [1.54, 1.807) is 24.3 Å². The minimum absolute atomic E-state index is 0.0534. The zero-order valence-corrected chi connectivity index (χ0v) is 21.2. The molecule has 1 aromatic carbocycles. The van der Waals surface area contributed by atoms with E-state index in [0.29, 0.717) is 32.7 Å². The summed E-state index contributed by atoms with van der Waals surface area (Å²) in [5, 5.41) is 0. The highest BCUT2D eigenvalue weighted by atomic mass is 35.9. The van der Waals surface area contributed by atoms with E-state index in [4.69, 9.17) is 61.5 Å². The van der Waals surface area contributed by atoms with E-state index in [0.717, 1.165) is 0 Å². The maximum atomic E-state index is 11.4. The first kappa shape index (κ1) is 25.7. The number of carbonyl (C=O) groups is 1. The molecule has 2 aliphatic heterocycles. The third kappa shape index (κ3) is 8.09. The van der Waals surface area contributed by atoms with Crippen LogP contribution >= 0.6 is 54.1 Å². The fourth-order valence-corrected chi connectivity index (χ4v) is 14.9. The zero-order chi connectivity index (χ0) is 22.2. The van der Waals surface area contributed by atoms with Crippen LogP contribution in [-0.2, 0) is 23.3 Å². The molecule has 2 bridgehead atoms. The van der Waals surface area contributed by atoms with Gasteiger partial charge in [0.25, 0.3) is 5.91 Å². The number of aldehydes is 1. The largest absolute Gasteiger partial charge is 0.421 e. The van der Waals surface area contributed by atoms with Crippen LogP contribution in [0.2, 0.25) is 0 Å². The van der Waals surface area contributed by atoms with E-state index < -0.39 is 20.4 Å². The first-order valence-electron chi connectivity index (χ1n) is 9.12. The Labute approximate surface area is 194 Å². The van der Waals surface area contributed by atoms with Gasteiger partial charge in [-0.25, -0.2) is 0 Å². The number of hydrogen-bond acceptors (Lipinski definition) is 10. The van der Waals surface area contributed by atoms with Crippen molar-refractivity contribution in [2.75, 3.05) is 52.9 Å². The number of para-hydroxylation sites is 1. The van der Waals surface area contributed by atoms with Crippen molar-refractivity contribution >= 4 is 60.4 Å². The highest BCUT2D eigenvalue weighted by Gasteiger charge is 2.39. The van der Waals surface area contributed by atoms with Gasteiger partial charge in [-0.15, -0.1) is 4.52 Å². The van der Waals surface area contributed by atoms with Crippen LogP contribution in [0.1, 0.15) is 10.4 Å². The van der Waals surface area contributed by atoms with E-state index in [2.05, 4.69) is 13.5 Å². The van der Waals surface area contributed by atoms with Gasteiger partial charge in [0.2, 0.25) is 0 Å². The van der Waals surface area contributed by atoms with Crippen LogP contribution in [0.15, 0.2) is 37.8 Å². The molecule has 0 radical (unpaired) electrons. The Morgan fingerprint density at radius 1 is 0.806 bits per heavy atom. The van der Waals surface area contributed by atoms with Crippen molar-refractivity contribution in [2.45, 2.75) is 0 Å². The lowest BCUT2D eigenvalue weighted by Gasteiger charge is -2.28. The van der Waals surface area contributed by atoms with Crippen molar-refractivity contribution in [3.8, 4) is 5.75 Å². The maximum absolute atomic E-state index is 11.4. The molecule has 0 aromatic heterocycles. The number of benzene rings is 1. The van der Waals surface area contributed by atoms with E-state index >= 15 is 0 Å². The van der Waals surface area contributed by atoms with Crippen molar-refractivity contribution < 1.29 is 32.6 Å². The Balaban J connectivity index is 1.97. The molecule has 0 amide bonds. The monoisotopic (exact) mass is 553 g/mol. The van der Waals surface area contributed by atoms with Crippen LogP contribution in [-0.4, -0.2) is 59.1 Å². The summed E-state index contributed by atoms with van der Waals surface area (Å²) in [6.45, 7) is -1.23. The first-order valence-corrected chi connectivity index (χ1v) is 16.7. The SMILES string of the molecule is O=Cc1ccccc1OP12=NP(Cl)(=NP(Cl)(Cl)=N1)OCCOCCOCCOCCO2. The lowest BCUT2D eigenvalue weighted by molar-refractivity contribution is 0.00518. The Bertz CT molecular complexity index is 943. The molecular formula is C15H21Cl3N3O7P3. The average Bonchev–Trinajstić information content (AvgIpc) is 2.69. The van der Waals surface area contributed by atoms with E-state index in [9.17, 15) is 4.79 Å². The van der Waals surface area contributed by atoms with Gasteiger partial charge in [-0.3, -0.25) is 9.32 Å². The molecule has 0 spiro atoms. The molecule has 2 heterocycles. The molecule has 1 aromatic rings. The Kier molecular flexibility index (Phi) is 9.90. The van der Waals surface area contributed by atoms with Gasteiger partial charge in [-0.1, -0.05) is 12.1 Å². The van der Waals surface area contributed by atoms with Gasteiger partial charge in [0.05, 0.1) is 58.4 Å². The number of ether oxygens (including phenoxy) is 3. The summed E-state index contributed by atoms with van der Waals surface area (Å²) in [6.07, 6.45) is 0.641. The molecule has 174 valence electrons. The van der Waals surface area contributed by atoms with Gasteiger partial charge in [0.1, 0.15) is 5.75 Å². The Morgan fingerprint density at radius 2 is 1.39 bits per heavy atom. The molecule has 2 unspecified atom stereocenters. The van der Waals surface area contributed by atoms with Crippen LogP contribution < -0.4 is 4.52 Å². The summed E-state index contributed by atoms with van der Waals surface area (Å²) in [5.74, 6) is -3.15. The molecule has 16 heteroatoms. The quantitative estimate of drug-likeness (QED) is 0.308. The number of carbonyl (C=O) groups excluding carboxylic acids is 1. The standard InChI is InChI=1S/C15H21Cl3N3O7P3/c16-29(17)19-30(18)21-31(20-29,28-15-4-2-1-3-14(15)13-22)27-12-10-25-8-6-23-5-7-24-9-11-26-30/h1-4,13H,5-12H2. The molecule has 0 saturated heterocycles. The molecule has 0 fully saturated rings. The molecular weight excluding hydrogens is 533 g/mol. The summed E-state index contributed by atoms with van der Waals surface area (Å²) in [4.78, 5) is 11.4. The highest BCUT2D eigenvalue weighted by molar-refractivity contribution is 8.14. The van der Waals surface area contributed by atoms with Crippen molar-refractivity contribution in [1.29, 1.82) is 0 Å². The fraction of sp³-hybridized carbons (Fsp3) is 0.533. The van der Waals surface area contributed by atoms with Crippen molar-refractivity contribution in [1.82, 2.24) is 0 Å². The van der Waals surface area contributed by atoms with Crippen LogP contribution in [0.25, 0.3) is 0 Å². The topological polar surface area (TPSA) is 110 Å². The first-order chi connectivity index (χ1) is 14.9. The summed E-state index contributed by atoms with van der Waals surface area (Å²) >= 11 is 19.3. The van der Waals surface area contributed by atoms with Crippen LogP contribution in [0.3, 0.4) is 0 Å². The third-order valence-electron chi connectivity index (χ3n) is 3.64. The summed E-state index contributed by atoms with van der Waals surface area (Å²) < 4.78 is 46.8. The Morgan fingerprint density at radius 3 is 2.03 bits per heavy atom. The maximum Gasteiger partial charge on any atom is 0.400 e. The minimum atomic E-state index is -3.56. The number of rotatable bonds is 3. The van der Waals surface area contributed by atoms with Crippen molar-refractivity contribution in [3.63, 3.8) is 0 Å². The second-order valence-electron chi connectivity index (χ2n) is 5.94. The Hall–Kier alpha value is 0.0500. The van der Waals surface area contributed by atoms with E-state index in [-0.39, 0.29) is 37.7 Å². The minimum Gasteiger partial charge on any atom is -0.421 e. The molecule has 0 saturated carbocycles. The molecule has 31 heavy (non-hydrogen) atoms. The average molecular weight is 555 g/mol.